The predicted octanol–water partition coefficient (Wildman–Crippen LogP) is 4.53. The Kier molecular flexibility index (Phi) is 4.65. The number of benzene rings is 2. The van der Waals surface area contributed by atoms with Crippen LogP contribution in [0.1, 0.15) is 40.3 Å². The predicted molar refractivity (Wildman–Crippen MR) is 111 cm³/mol. The summed E-state index contributed by atoms with van der Waals surface area (Å²) in [5, 5.41) is 8.54. The van der Waals surface area contributed by atoms with Crippen LogP contribution in [0.4, 0.5) is 0 Å². The third-order valence-corrected chi connectivity index (χ3v) is 4.83. The van der Waals surface area contributed by atoms with E-state index in [4.69, 9.17) is 0 Å². The topological polar surface area (TPSA) is 59.8 Å². The molecule has 140 valence electrons. The fourth-order valence-corrected chi connectivity index (χ4v) is 3.44. The second-order valence-corrected chi connectivity index (χ2v) is 6.95. The quantitative estimate of drug-likeness (QED) is 0.574. The average molecular weight is 370 g/mol. The van der Waals surface area contributed by atoms with Crippen LogP contribution in [0.3, 0.4) is 0 Å². The molecule has 0 aliphatic heterocycles. The van der Waals surface area contributed by atoms with E-state index in [9.17, 15) is 4.79 Å². The lowest BCUT2D eigenvalue weighted by Crippen LogP contribution is -2.27. The van der Waals surface area contributed by atoms with Crippen LogP contribution >= 0.6 is 0 Å². The highest BCUT2D eigenvalue weighted by Crippen LogP contribution is 2.25. The molecule has 0 aliphatic carbocycles. The molecule has 4 aromatic rings. The summed E-state index contributed by atoms with van der Waals surface area (Å²) in [4.78, 5) is 17.8. The van der Waals surface area contributed by atoms with Crippen molar-refractivity contribution >= 4 is 16.9 Å². The lowest BCUT2D eigenvalue weighted by molar-refractivity contribution is 0.0941. The van der Waals surface area contributed by atoms with Crippen molar-refractivity contribution in [3.8, 4) is 5.69 Å². The van der Waals surface area contributed by atoms with Crippen molar-refractivity contribution in [1.29, 1.82) is 0 Å². The van der Waals surface area contributed by atoms with Crippen LogP contribution in [0.5, 0.6) is 0 Å². The van der Waals surface area contributed by atoms with Crippen molar-refractivity contribution in [2.75, 3.05) is 0 Å². The van der Waals surface area contributed by atoms with Crippen LogP contribution in [0.25, 0.3) is 16.7 Å². The van der Waals surface area contributed by atoms with Crippen LogP contribution in [0.2, 0.25) is 0 Å². The van der Waals surface area contributed by atoms with Gasteiger partial charge in [0.15, 0.2) is 5.65 Å². The number of amides is 1. The van der Waals surface area contributed by atoms with E-state index in [0.717, 1.165) is 28.0 Å². The monoisotopic (exact) mass is 370 g/mol. The fourth-order valence-electron chi connectivity index (χ4n) is 3.44. The molecule has 0 unspecified atom stereocenters. The lowest BCUT2D eigenvalue weighted by atomic mass is 10.1. The summed E-state index contributed by atoms with van der Waals surface area (Å²) in [5.74, 6) is -0.123. The second-order valence-electron chi connectivity index (χ2n) is 6.95. The first kappa shape index (κ1) is 17.9. The van der Waals surface area contributed by atoms with Gasteiger partial charge in [0, 0.05) is 5.69 Å². The number of carbonyl (C=O) groups excluding carboxylic acids is 1. The van der Waals surface area contributed by atoms with E-state index in [-0.39, 0.29) is 11.9 Å². The number of aryl methyl sites for hydroxylation is 2. The molecule has 2 aromatic carbocycles. The number of nitrogens with zero attached hydrogens (tertiary/aromatic N) is 3. The molecule has 0 saturated carbocycles. The zero-order valence-corrected chi connectivity index (χ0v) is 16.2. The Labute approximate surface area is 164 Å². The molecule has 1 N–H and O–H groups in total. The minimum Gasteiger partial charge on any atom is -0.345 e. The number of para-hydroxylation sites is 1. The van der Waals surface area contributed by atoms with Gasteiger partial charge >= 0.3 is 0 Å². The Hall–Kier alpha value is -3.47. The van der Waals surface area contributed by atoms with Gasteiger partial charge in [0.25, 0.3) is 5.91 Å². The molecule has 5 heteroatoms. The molecule has 1 atom stereocenters. The Bertz CT molecular complexity index is 1130. The first-order chi connectivity index (χ1) is 13.5. The number of fused-ring (bicyclic) bond motifs is 1. The van der Waals surface area contributed by atoms with Crippen molar-refractivity contribution in [2.24, 2.45) is 0 Å². The maximum atomic E-state index is 13.1. The zero-order valence-electron chi connectivity index (χ0n) is 16.2. The highest BCUT2D eigenvalue weighted by molar-refractivity contribution is 6.07. The molecule has 0 aliphatic rings. The Morgan fingerprint density at radius 3 is 2.32 bits per heavy atom. The number of hydrogen-bond acceptors (Lipinski definition) is 3. The first-order valence-corrected chi connectivity index (χ1v) is 9.33. The third kappa shape index (κ3) is 3.27. The van der Waals surface area contributed by atoms with Gasteiger partial charge < -0.3 is 5.32 Å². The molecular weight excluding hydrogens is 348 g/mol. The van der Waals surface area contributed by atoms with Gasteiger partial charge in [-0.3, -0.25) is 4.79 Å². The summed E-state index contributed by atoms with van der Waals surface area (Å²) in [6.45, 7) is 5.80. The summed E-state index contributed by atoms with van der Waals surface area (Å²) in [6.07, 6.45) is 0. The Balaban J connectivity index is 1.77. The van der Waals surface area contributed by atoms with Gasteiger partial charge in [-0.1, -0.05) is 48.5 Å². The van der Waals surface area contributed by atoms with E-state index in [1.807, 2.05) is 87.5 Å². The van der Waals surface area contributed by atoms with E-state index < -0.39 is 0 Å². The molecule has 4 rings (SSSR count). The zero-order chi connectivity index (χ0) is 19.7. The molecule has 0 radical (unpaired) electrons. The largest absolute Gasteiger partial charge is 0.345 e. The second kappa shape index (κ2) is 7.27. The van der Waals surface area contributed by atoms with E-state index in [2.05, 4.69) is 15.4 Å². The average Bonchev–Trinajstić information content (AvgIpc) is 3.05. The minimum atomic E-state index is -0.123. The molecule has 5 nitrogen and oxygen atoms in total. The van der Waals surface area contributed by atoms with E-state index in [0.29, 0.717) is 11.2 Å². The van der Waals surface area contributed by atoms with Crippen molar-refractivity contribution in [2.45, 2.75) is 26.8 Å². The summed E-state index contributed by atoms with van der Waals surface area (Å²) < 4.78 is 1.80. The van der Waals surface area contributed by atoms with Crippen LogP contribution in [0.15, 0.2) is 66.7 Å². The standard InChI is InChI=1S/C23H22N4O/c1-15-14-20(23(28)25-16(2)18-10-6-4-7-11-18)21-17(3)26-27(22(21)24-15)19-12-8-5-9-13-19/h4-14,16H,1-3H3,(H,25,28)/t16-/m0/s1. The van der Waals surface area contributed by atoms with Gasteiger partial charge in [0.2, 0.25) is 0 Å². The van der Waals surface area contributed by atoms with E-state index in [1.54, 1.807) is 4.68 Å². The lowest BCUT2D eigenvalue weighted by Gasteiger charge is -2.15. The van der Waals surface area contributed by atoms with E-state index >= 15 is 0 Å². The van der Waals surface area contributed by atoms with Crippen LogP contribution in [-0.4, -0.2) is 20.7 Å². The molecule has 0 spiro atoms. The third-order valence-electron chi connectivity index (χ3n) is 4.83. The first-order valence-electron chi connectivity index (χ1n) is 9.33. The molecule has 0 fully saturated rings. The maximum Gasteiger partial charge on any atom is 0.252 e. The normalized spacial score (nSPS) is 12.1. The molecule has 28 heavy (non-hydrogen) atoms. The summed E-state index contributed by atoms with van der Waals surface area (Å²) in [7, 11) is 0. The smallest absolute Gasteiger partial charge is 0.252 e. The molecular formula is C23H22N4O. The number of hydrogen-bond donors (Lipinski definition) is 1. The number of carbonyl (C=O) groups is 1. The highest BCUT2D eigenvalue weighted by Gasteiger charge is 2.20. The van der Waals surface area contributed by atoms with Crippen LogP contribution < -0.4 is 5.32 Å². The Morgan fingerprint density at radius 2 is 1.64 bits per heavy atom. The van der Waals surface area contributed by atoms with Crippen molar-refractivity contribution in [3.05, 3.63) is 89.2 Å². The highest BCUT2D eigenvalue weighted by atomic mass is 16.1. The number of aromatic nitrogens is 3. The van der Waals surface area contributed by atoms with Gasteiger partial charge in [0.05, 0.1) is 28.4 Å². The van der Waals surface area contributed by atoms with Gasteiger partial charge in [-0.2, -0.15) is 5.10 Å². The van der Waals surface area contributed by atoms with E-state index in [1.165, 1.54) is 0 Å². The van der Waals surface area contributed by atoms with Crippen LogP contribution in [-0.2, 0) is 0 Å². The SMILES string of the molecule is Cc1cc(C(=O)N[C@@H](C)c2ccccc2)c2c(C)nn(-c3ccccc3)c2n1. The van der Waals surface area contributed by atoms with Gasteiger partial charge in [-0.25, -0.2) is 9.67 Å². The number of pyridine rings is 1. The summed E-state index contributed by atoms with van der Waals surface area (Å²) in [6, 6.07) is 21.5. The Morgan fingerprint density at radius 1 is 1.00 bits per heavy atom. The maximum absolute atomic E-state index is 13.1. The molecule has 2 heterocycles. The molecule has 1 amide bonds. The molecule has 0 bridgehead atoms. The van der Waals surface area contributed by atoms with Gasteiger partial charge in [-0.15, -0.1) is 0 Å². The molecule has 0 saturated heterocycles. The minimum absolute atomic E-state index is 0.0957. The number of nitrogens with one attached hydrogen (secondary N) is 1. The summed E-state index contributed by atoms with van der Waals surface area (Å²) >= 11 is 0. The number of rotatable bonds is 4. The van der Waals surface area contributed by atoms with Gasteiger partial charge in [0.1, 0.15) is 0 Å². The van der Waals surface area contributed by atoms with Crippen molar-refractivity contribution in [1.82, 2.24) is 20.1 Å². The fraction of sp³-hybridized carbons (Fsp3) is 0.174. The van der Waals surface area contributed by atoms with Crippen LogP contribution in [0, 0.1) is 13.8 Å². The summed E-state index contributed by atoms with van der Waals surface area (Å²) in [5.41, 5.74) is 4.84. The van der Waals surface area contributed by atoms with Gasteiger partial charge in [-0.05, 0) is 44.5 Å². The van der Waals surface area contributed by atoms with Crippen molar-refractivity contribution < 1.29 is 4.79 Å². The van der Waals surface area contributed by atoms with Crippen molar-refractivity contribution in [3.63, 3.8) is 0 Å². The molecule has 2 aromatic heterocycles.